The first kappa shape index (κ1) is 7.28. The summed E-state index contributed by atoms with van der Waals surface area (Å²) in [5.74, 6) is 0.320. The summed E-state index contributed by atoms with van der Waals surface area (Å²) in [5.41, 5.74) is 1.08. The normalized spacial score (nSPS) is 13.4. The lowest BCUT2D eigenvalue weighted by Crippen LogP contribution is -2.04. The molecule has 56 valence electrons. The van der Waals surface area contributed by atoms with E-state index in [0.717, 1.165) is 12.1 Å². The molecule has 2 N–H and O–H groups in total. The molecule has 1 aromatic heterocycles. The van der Waals surface area contributed by atoms with Crippen LogP contribution in [0, 0.1) is 5.92 Å². The van der Waals surface area contributed by atoms with E-state index in [-0.39, 0.29) is 6.61 Å². The number of aliphatic hydroxyl groups is 1. The van der Waals surface area contributed by atoms with Crippen LogP contribution in [0.25, 0.3) is 0 Å². The second-order valence-electron chi connectivity index (χ2n) is 2.57. The Bertz CT molecular complexity index is 172. The summed E-state index contributed by atoms with van der Waals surface area (Å²) in [7, 11) is 0. The Hall–Kier alpha value is -0.830. The Kier molecular flexibility index (Phi) is 2.45. The highest BCUT2D eigenvalue weighted by Gasteiger charge is 2.01. The Balaban J connectivity index is 2.40. The van der Waals surface area contributed by atoms with Gasteiger partial charge in [0.05, 0.1) is 0 Å². The van der Waals surface area contributed by atoms with E-state index in [9.17, 15) is 0 Å². The molecule has 1 aromatic rings. The molecule has 10 heavy (non-hydrogen) atoms. The smallest absolute Gasteiger partial charge is 0.0490 e. The van der Waals surface area contributed by atoms with Gasteiger partial charge in [0.25, 0.3) is 0 Å². The summed E-state index contributed by atoms with van der Waals surface area (Å²) in [4.78, 5) is 0. The first-order valence-electron chi connectivity index (χ1n) is 3.42. The molecule has 0 fully saturated rings. The zero-order chi connectivity index (χ0) is 7.40. The highest BCUT2D eigenvalue weighted by atomic mass is 16.3. The van der Waals surface area contributed by atoms with Crippen molar-refractivity contribution < 1.29 is 5.11 Å². The molecule has 0 bridgehead atoms. The van der Waals surface area contributed by atoms with Crippen molar-refractivity contribution in [3.8, 4) is 0 Å². The van der Waals surface area contributed by atoms with Crippen LogP contribution in [0.1, 0.15) is 12.6 Å². The molecule has 0 spiro atoms. The van der Waals surface area contributed by atoms with Crippen molar-refractivity contribution in [1.29, 1.82) is 0 Å². The number of nitrogens with zero attached hydrogens (tertiary/aromatic N) is 1. The molecule has 0 aliphatic carbocycles. The zero-order valence-corrected chi connectivity index (χ0v) is 6.04. The van der Waals surface area contributed by atoms with Gasteiger partial charge in [0.2, 0.25) is 0 Å². The first-order valence-corrected chi connectivity index (χ1v) is 3.42. The third kappa shape index (κ3) is 1.84. The Labute approximate surface area is 60.1 Å². The van der Waals surface area contributed by atoms with Crippen molar-refractivity contribution in [3.05, 3.63) is 18.0 Å². The van der Waals surface area contributed by atoms with Crippen LogP contribution in [0.15, 0.2) is 12.3 Å². The molecule has 3 nitrogen and oxygen atoms in total. The third-order valence-corrected chi connectivity index (χ3v) is 1.44. The predicted octanol–water partition coefficient (Wildman–Crippen LogP) is 0.581. The van der Waals surface area contributed by atoms with Crippen molar-refractivity contribution in [3.63, 3.8) is 0 Å². The fourth-order valence-electron chi connectivity index (χ4n) is 0.838. The van der Waals surface area contributed by atoms with Crippen molar-refractivity contribution in [2.75, 3.05) is 6.61 Å². The monoisotopic (exact) mass is 140 g/mol. The summed E-state index contributed by atoms with van der Waals surface area (Å²) >= 11 is 0. The number of H-pyrrole nitrogens is 1. The fraction of sp³-hybridized carbons (Fsp3) is 0.571. The van der Waals surface area contributed by atoms with Crippen LogP contribution in [0.3, 0.4) is 0 Å². The van der Waals surface area contributed by atoms with E-state index in [1.54, 1.807) is 6.20 Å². The van der Waals surface area contributed by atoms with E-state index in [2.05, 4.69) is 10.2 Å². The zero-order valence-electron chi connectivity index (χ0n) is 6.04. The summed E-state index contributed by atoms with van der Waals surface area (Å²) < 4.78 is 0. The van der Waals surface area contributed by atoms with Gasteiger partial charge in [0, 0.05) is 18.5 Å². The van der Waals surface area contributed by atoms with Crippen LogP contribution in [0.4, 0.5) is 0 Å². The molecule has 0 aliphatic heterocycles. The summed E-state index contributed by atoms with van der Waals surface area (Å²) in [6, 6.07) is 1.92. The number of aromatic amines is 1. The summed E-state index contributed by atoms with van der Waals surface area (Å²) in [5, 5.41) is 15.3. The largest absolute Gasteiger partial charge is 0.396 e. The highest BCUT2D eigenvalue weighted by Crippen LogP contribution is 2.02. The van der Waals surface area contributed by atoms with E-state index in [1.807, 2.05) is 13.0 Å². The van der Waals surface area contributed by atoms with Gasteiger partial charge in [0.1, 0.15) is 0 Å². The first-order chi connectivity index (χ1) is 4.83. The molecule has 1 unspecified atom stereocenters. The predicted molar refractivity (Wildman–Crippen MR) is 38.5 cm³/mol. The van der Waals surface area contributed by atoms with Crippen LogP contribution in [-0.2, 0) is 6.42 Å². The van der Waals surface area contributed by atoms with Gasteiger partial charge < -0.3 is 5.11 Å². The van der Waals surface area contributed by atoms with Crippen molar-refractivity contribution >= 4 is 0 Å². The third-order valence-electron chi connectivity index (χ3n) is 1.44. The van der Waals surface area contributed by atoms with Gasteiger partial charge in [-0.1, -0.05) is 6.92 Å². The molecular formula is C7H12N2O. The van der Waals surface area contributed by atoms with Crippen LogP contribution in [0.2, 0.25) is 0 Å². The van der Waals surface area contributed by atoms with Gasteiger partial charge in [-0.25, -0.2) is 0 Å². The second kappa shape index (κ2) is 3.37. The van der Waals surface area contributed by atoms with Gasteiger partial charge in [-0.3, -0.25) is 5.10 Å². The van der Waals surface area contributed by atoms with Crippen molar-refractivity contribution in [2.24, 2.45) is 5.92 Å². The summed E-state index contributed by atoms with van der Waals surface area (Å²) in [6.07, 6.45) is 2.59. The Morgan fingerprint density at radius 3 is 3.10 bits per heavy atom. The van der Waals surface area contributed by atoms with Crippen LogP contribution >= 0.6 is 0 Å². The van der Waals surface area contributed by atoms with Crippen LogP contribution in [-0.4, -0.2) is 21.9 Å². The molecule has 0 aromatic carbocycles. The van der Waals surface area contributed by atoms with Crippen molar-refractivity contribution in [1.82, 2.24) is 10.2 Å². The minimum atomic E-state index is 0.235. The maximum absolute atomic E-state index is 8.70. The van der Waals surface area contributed by atoms with Crippen molar-refractivity contribution in [2.45, 2.75) is 13.3 Å². The fourth-order valence-corrected chi connectivity index (χ4v) is 0.838. The molecule has 0 saturated heterocycles. The number of aliphatic hydroxyl groups excluding tert-OH is 1. The van der Waals surface area contributed by atoms with E-state index < -0.39 is 0 Å². The number of nitrogens with one attached hydrogen (secondary N) is 1. The van der Waals surface area contributed by atoms with E-state index >= 15 is 0 Å². The average molecular weight is 140 g/mol. The molecule has 0 amide bonds. The molecule has 1 rings (SSSR count). The van der Waals surface area contributed by atoms with E-state index in [1.165, 1.54) is 0 Å². The lowest BCUT2D eigenvalue weighted by molar-refractivity contribution is 0.236. The average Bonchev–Trinajstić information content (AvgIpc) is 2.40. The molecule has 0 radical (unpaired) electrons. The standard InChI is InChI=1S/C7H12N2O/c1-6(5-10)4-7-2-3-8-9-7/h2-3,6,10H,4-5H2,1H3,(H,8,9). The highest BCUT2D eigenvalue weighted by molar-refractivity contribution is 4.98. The molecule has 3 heteroatoms. The van der Waals surface area contributed by atoms with Gasteiger partial charge in [-0.2, -0.15) is 5.10 Å². The maximum Gasteiger partial charge on any atom is 0.0490 e. The van der Waals surface area contributed by atoms with Crippen LogP contribution < -0.4 is 0 Å². The van der Waals surface area contributed by atoms with Gasteiger partial charge in [0.15, 0.2) is 0 Å². The van der Waals surface area contributed by atoms with Gasteiger partial charge >= 0.3 is 0 Å². The Morgan fingerprint density at radius 2 is 2.60 bits per heavy atom. The summed E-state index contributed by atoms with van der Waals surface area (Å²) in [6.45, 7) is 2.24. The topological polar surface area (TPSA) is 48.9 Å². The lowest BCUT2D eigenvalue weighted by Gasteiger charge is -2.03. The quantitative estimate of drug-likeness (QED) is 0.645. The number of hydrogen-bond donors (Lipinski definition) is 2. The van der Waals surface area contributed by atoms with E-state index in [0.29, 0.717) is 5.92 Å². The number of hydrogen-bond acceptors (Lipinski definition) is 2. The van der Waals surface area contributed by atoms with Crippen LogP contribution in [0.5, 0.6) is 0 Å². The molecule has 1 heterocycles. The lowest BCUT2D eigenvalue weighted by atomic mass is 10.1. The molecule has 0 saturated carbocycles. The van der Waals surface area contributed by atoms with Gasteiger partial charge in [-0.15, -0.1) is 0 Å². The minimum absolute atomic E-state index is 0.235. The molecule has 1 atom stereocenters. The Morgan fingerprint density at radius 1 is 1.80 bits per heavy atom. The number of rotatable bonds is 3. The van der Waals surface area contributed by atoms with Gasteiger partial charge in [-0.05, 0) is 18.4 Å². The SMILES string of the molecule is CC(CO)Cc1ccn[nH]1. The molecular weight excluding hydrogens is 128 g/mol. The minimum Gasteiger partial charge on any atom is -0.396 e. The maximum atomic E-state index is 8.70. The number of aromatic nitrogens is 2. The second-order valence-corrected chi connectivity index (χ2v) is 2.57. The molecule has 0 aliphatic rings. The van der Waals surface area contributed by atoms with E-state index in [4.69, 9.17) is 5.11 Å².